The summed E-state index contributed by atoms with van der Waals surface area (Å²) in [5, 5.41) is 2.77. The Morgan fingerprint density at radius 2 is 1.58 bits per heavy atom. The predicted molar refractivity (Wildman–Crippen MR) is 66.2 cm³/mol. The van der Waals surface area contributed by atoms with Gasteiger partial charge >= 0.3 is 11.9 Å². The van der Waals surface area contributed by atoms with E-state index in [1.54, 1.807) is 0 Å². The van der Waals surface area contributed by atoms with Crippen LogP contribution in [-0.4, -0.2) is 63.1 Å². The molecular formula is C12H20N2O5. The Labute approximate surface area is 112 Å². The molecule has 1 aliphatic rings. The Bertz CT molecular complexity index is 323. The molecule has 0 aliphatic heterocycles. The van der Waals surface area contributed by atoms with Crippen molar-refractivity contribution in [2.45, 2.75) is 12.8 Å². The molecular weight excluding hydrogens is 252 g/mol. The molecule has 0 unspecified atom stereocenters. The summed E-state index contributed by atoms with van der Waals surface area (Å²) >= 11 is 0. The van der Waals surface area contributed by atoms with Crippen LogP contribution >= 0.6 is 0 Å². The van der Waals surface area contributed by atoms with E-state index in [1.807, 2.05) is 0 Å². The first-order chi connectivity index (χ1) is 9.05. The second-order valence-electron chi connectivity index (χ2n) is 4.54. The van der Waals surface area contributed by atoms with Gasteiger partial charge in [-0.3, -0.25) is 19.3 Å². The maximum atomic E-state index is 11.7. The van der Waals surface area contributed by atoms with Crippen LogP contribution in [0.3, 0.4) is 0 Å². The van der Waals surface area contributed by atoms with Gasteiger partial charge in [-0.15, -0.1) is 0 Å². The molecule has 0 aromatic carbocycles. The molecule has 1 rings (SSSR count). The zero-order valence-corrected chi connectivity index (χ0v) is 11.3. The summed E-state index contributed by atoms with van der Waals surface area (Å²) < 4.78 is 9.04. The second kappa shape index (κ2) is 7.73. The van der Waals surface area contributed by atoms with Crippen molar-refractivity contribution in [2.24, 2.45) is 5.92 Å². The number of hydrogen-bond acceptors (Lipinski definition) is 6. The lowest BCUT2D eigenvalue weighted by atomic mass is 10.4. The SMILES string of the molecule is COC(=O)CN(CC(=O)NCC1CC1)CC(=O)OC. The van der Waals surface area contributed by atoms with E-state index in [2.05, 4.69) is 14.8 Å². The number of ether oxygens (including phenoxy) is 2. The molecule has 0 radical (unpaired) electrons. The highest BCUT2D eigenvalue weighted by molar-refractivity contribution is 5.81. The first kappa shape index (κ1) is 15.4. The van der Waals surface area contributed by atoms with Gasteiger partial charge in [-0.25, -0.2) is 0 Å². The highest BCUT2D eigenvalue weighted by Crippen LogP contribution is 2.27. The van der Waals surface area contributed by atoms with E-state index in [0.29, 0.717) is 12.5 Å². The Hall–Kier alpha value is -1.63. The van der Waals surface area contributed by atoms with Crippen molar-refractivity contribution in [1.82, 2.24) is 10.2 Å². The lowest BCUT2D eigenvalue weighted by Gasteiger charge is -2.19. The Balaban J connectivity index is 2.38. The molecule has 0 aromatic heterocycles. The zero-order valence-electron chi connectivity index (χ0n) is 11.3. The van der Waals surface area contributed by atoms with Gasteiger partial charge in [0.1, 0.15) is 0 Å². The molecule has 0 heterocycles. The summed E-state index contributed by atoms with van der Waals surface area (Å²) in [6, 6.07) is 0. The molecule has 7 nitrogen and oxygen atoms in total. The second-order valence-corrected chi connectivity index (χ2v) is 4.54. The number of nitrogens with one attached hydrogen (secondary N) is 1. The van der Waals surface area contributed by atoms with Gasteiger partial charge in [-0.1, -0.05) is 0 Å². The van der Waals surface area contributed by atoms with E-state index in [9.17, 15) is 14.4 Å². The van der Waals surface area contributed by atoms with E-state index in [0.717, 1.165) is 12.8 Å². The fourth-order valence-electron chi connectivity index (χ4n) is 1.50. The van der Waals surface area contributed by atoms with Crippen LogP contribution in [0.15, 0.2) is 0 Å². The predicted octanol–water partition coefficient (Wildman–Crippen LogP) is -0.839. The highest BCUT2D eigenvalue weighted by atomic mass is 16.5. The third-order valence-corrected chi connectivity index (χ3v) is 2.81. The van der Waals surface area contributed by atoms with Crippen LogP contribution in [0.4, 0.5) is 0 Å². The number of hydrogen-bond donors (Lipinski definition) is 1. The maximum Gasteiger partial charge on any atom is 0.319 e. The average Bonchev–Trinajstić information content (AvgIpc) is 3.19. The molecule has 1 amide bonds. The fraction of sp³-hybridized carbons (Fsp3) is 0.750. The van der Waals surface area contributed by atoms with Gasteiger partial charge in [0.15, 0.2) is 0 Å². The van der Waals surface area contributed by atoms with Gasteiger partial charge in [-0.05, 0) is 18.8 Å². The van der Waals surface area contributed by atoms with Crippen molar-refractivity contribution < 1.29 is 23.9 Å². The van der Waals surface area contributed by atoms with Crippen molar-refractivity contribution >= 4 is 17.8 Å². The minimum atomic E-state index is -0.501. The smallest absolute Gasteiger partial charge is 0.319 e. The minimum absolute atomic E-state index is 0.0308. The average molecular weight is 272 g/mol. The van der Waals surface area contributed by atoms with Crippen LogP contribution < -0.4 is 5.32 Å². The molecule has 1 N–H and O–H groups in total. The van der Waals surface area contributed by atoms with Crippen molar-refractivity contribution in [3.8, 4) is 0 Å². The molecule has 0 atom stereocenters. The fourth-order valence-corrected chi connectivity index (χ4v) is 1.50. The first-order valence-electron chi connectivity index (χ1n) is 6.17. The van der Waals surface area contributed by atoms with Crippen LogP contribution in [0.5, 0.6) is 0 Å². The van der Waals surface area contributed by atoms with Gasteiger partial charge < -0.3 is 14.8 Å². The van der Waals surface area contributed by atoms with Gasteiger partial charge in [0.25, 0.3) is 0 Å². The largest absolute Gasteiger partial charge is 0.468 e. The van der Waals surface area contributed by atoms with E-state index in [-0.39, 0.29) is 25.5 Å². The molecule has 19 heavy (non-hydrogen) atoms. The van der Waals surface area contributed by atoms with Gasteiger partial charge in [-0.2, -0.15) is 0 Å². The molecule has 0 spiro atoms. The van der Waals surface area contributed by atoms with Crippen molar-refractivity contribution in [3.05, 3.63) is 0 Å². The molecule has 1 saturated carbocycles. The van der Waals surface area contributed by atoms with Crippen LogP contribution in [0.2, 0.25) is 0 Å². The van der Waals surface area contributed by atoms with E-state index < -0.39 is 11.9 Å². The van der Waals surface area contributed by atoms with Crippen molar-refractivity contribution in [2.75, 3.05) is 40.4 Å². The summed E-state index contributed by atoms with van der Waals surface area (Å²) in [5.74, 6) is -0.629. The number of amides is 1. The molecule has 7 heteroatoms. The van der Waals surface area contributed by atoms with E-state index in [1.165, 1.54) is 19.1 Å². The standard InChI is InChI=1S/C12H20N2O5/c1-18-11(16)7-14(8-12(17)19-2)6-10(15)13-5-9-3-4-9/h9H,3-8H2,1-2H3,(H,13,15). The van der Waals surface area contributed by atoms with Gasteiger partial charge in [0, 0.05) is 6.54 Å². The number of nitrogens with zero attached hydrogens (tertiary/aromatic N) is 1. The number of carbonyl (C=O) groups is 3. The summed E-state index contributed by atoms with van der Waals surface area (Å²) in [7, 11) is 2.51. The summed E-state index contributed by atoms with van der Waals surface area (Å²) in [6.07, 6.45) is 2.29. The number of esters is 2. The number of carbonyl (C=O) groups excluding carboxylic acids is 3. The zero-order chi connectivity index (χ0) is 14.3. The Kier molecular flexibility index (Phi) is 6.27. The van der Waals surface area contributed by atoms with Gasteiger partial charge in [0.05, 0.1) is 33.9 Å². The number of rotatable bonds is 8. The summed E-state index contributed by atoms with van der Waals surface area (Å²) in [5.41, 5.74) is 0. The maximum absolute atomic E-state index is 11.7. The van der Waals surface area contributed by atoms with Crippen LogP contribution in [0.25, 0.3) is 0 Å². The third-order valence-electron chi connectivity index (χ3n) is 2.81. The van der Waals surface area contributed by atoms with Crippen LogP contribution in [0, 0.1) is 5.92 Å². The quantitative estimate of drug-likeness (QED) is 0.580. The summed E-state index contributed by atoms with van der Waals surface area (Å²) in [6.45, 7) is 0.380. The molecule has 0 bridgehead atoms. The molecule has 0 saturated heterocycles. The Morgan fingerprint density at radius 1 is 1.05 bits per heavy atom. The normalized spacial score (nSPS) is 14.1. The monoisotopic (exact) mass is 272 g/mol. The van der Waals surface area contributed by atoms with E-state index >= 15 is 0 Å². The Morgan fingerprint density at radius 3 is 2.00 bits per heavy atom. The summed E-state index contributed by atoms with van der Waals surface area (Å²) in [4.78, 5) is 35.5. The molecule has 1 fully saturated rings. The van der Waals surface area contributed by atoms with E-state index in [4.69, 9.17) is 0 Å². The number of methoxy groups -OCH3 is 2. The molecule has 1 aliphatic carbocycles. The first-order valence-corrected chi connectivity index (χ1v) is 6.17. The van der Waals surface area contributed by atoms with Crippen LogP contribution in [0.1, 0.15) is 12.8 Å². The molecule has 108 valence electrons. The van der Waals surface area contributed by atoms with Crippen molar-refractivity contribution in [3.63, 3.8) is 0 Å². The third kappa shape index (κ3) is 6.76. The van der Waals surface area contributed by atoms with Crippen LogP contribution in [-0.2, 0) is 23.9 Å². The van der Waals surface area contributed by atoms with Gasteiger partial charge in [0.2, 0.25) is 5.91 Å². The minimum Gasteiger partial charge on any atom is -0.468 e. The lowest BCUT2D eigenvalue weighted by Crippen LogP contribution is -2.43. The topological polar surface area (TPSA) is 84.9 Å². The highest BCUT2D eigenvalue weighted by Gasteiger charge is 2.23. The molecule has 0 aromatic rings. The lowest BCUT2D eigenvalue weighted by molar-refractivity contribution is -0.146. The van der Waals surface area contributed by atoms with Crippen molar-refractivity contribution in [1.29, 1.82) is 0 Å².